The Balaban J connectivity index is 1.36. The smallest absolute Gasteiger partial charge is 0.258 e. The maximum atomic E-state index is 11.9. The Morgan fingerprint density at radius 1 is 1.26 bits per heavy atom. The number of aryl methyl sites for hydroxylation is 1. The first-order chi connectivity index (χ1) is 13.2. The van der Waals surface area contributed by atoms with Crippen molar-refractivity contribution in [1.29, 1.82) is 0 Å². The van der Waals surface area contributed by atoms with Crippen molar-refractivity contribution in [2.45, 2.75) is 6.92 Å². The van der Waals surface area contributed by atoms with Crippen LogP contribution in [0.4, 0.5) is 11.5 Å². The number of nitrogens with one attached hydrogen (secondary N) is 2. The van der Waals surface area contributed by atoms with Crippen LogP contribution in [0.15, 0.2) is 36.5 Å². The summed E-state index contributed by atoms with van der Waals surface area (Å²) >= 11 is 0. The Bertz CT molecular complexity index is 750. The van der Waals surface area contributed by atoms with Gasteiger partial charge in [-0.3, -0.25) is 4.79 Å². The molecule has 0 spiro atoms. The fourth-order valence-corrected chi connectivity index (χ4v) is 2.73. The van der Waals surface area contributed by atoms with Crippen molar-refractivity contribution in [1.82, 2.24) is 15.5 Å². The average Bonchev–Trinajstić information content (AvgIpc) is 2.71. The summed E-state index contributed by atoms with van der Waals surface area (Å²) in [6.45, 7) is 6.15. The van der Waals surface area contributed by atoms with Crippen LogP contribution in [0.5, 0.6) is 5.75 Å². The van der Waals surface area contributed by atoms with Gasteiger partial charge in [0.2, 0.25) is 0 Å². The lowest BCUT2D eigenvalue weighted by molar-refractivity contribution is -0.123. The van der Waals surface area contributed by atoms with Crippen LogP contribution in [0.3, 0.4) is 0 Å². The lowest BCUT2D eigenvalue weighted by Crippen LogP contribution is -2.36. The molecule has 0 saturated carbocycles. The third kappa shape index (κ3) is 6.10. The highest BCUT2D eigenvalue weighted by Gasteiger charge is 2.12. The summed E-state index contributed by atoms with van der Waals surface area (Å²) in [6, 6.07) is 9.58. The van der Waals surface area contributed by atoms with E-state index in [0.29, 0.717) is 24.7 Å². The Morgan fingerprint density at radius 3 is 2.93 bits per heavy atom. The van der Waals surface area contributed by atoms with Crippen LogP contribution >= 0.6 is 0 Å². The molecule has 1 aromatic heterocycles. The van der Waals surface area contributed by atoms with E-state index >= 15 is 0 Å². The molecular weight excluding hydrogens is 346 g/mol. The quantitative estimate of drug-likeness (QED) is 0.675. The summed E-state index contributed by atoms with van der Waals surface area (Å²) in [4.78, 5) is 14.1. The maximum absolute atomic E-state index is 11.9. The van der Waals surface area contributed by atoms with Gasteiger partial charge in [0.25, 0.3) is 5.91 Å². The van der Waals surface area contributed by atoms with Crippen molar-refractivity contribution in [3.8, 4) is 5.75 Å². The maximum Gasteiger partial charge on any atom is 0.258 e. The summed E-state index contributed by atoms with van der Waals surface area (Å²) < 4.78 is 10.8. The highest BCUT2D eigenvalue weighted by atomic mass is 16.5. The number of aromatic nitrogens is 2. The van der Waals surface area contributed by atoms with Crippen LogP contribution in [0, 0.1) is 6.92 Å². The molecule has 1 aliphatic rings. The fourth-order valence-electron chi connectivity index (χ4n) is 2.73. The molecule has 8 nitrogen and oxygen atoms in total. The lowest BCUT2D eigenvalue weighted by Gasteiger charge is -2.28. The van der Waals surface area contributed by atoms with E-state index in [9.17, 15) is 4.79 Å². The van der Waals surface area contributed by atoms with E-state index in [0.717, 1.165) is 37.6 Å². The molecule has 8 heteroatoms. The Labute approximate surface area is 158 Å². The number of carbonyl (C=O) groups is 1. The van der Waals surface area contributed by atoms with Gasteiger partial charge in [-0.15, -0.1) is 5.10 Å². The number of amides is 1. The molecule has 1 amide bonds. The summed E-state index contributed by atoms with van der Waals surface area (Å²) in [5.41, 5.74) is 2.11. The molecule has 2 aromatic rings. The van der Waals surface area contributed by atoms with Crippen molar-refractivity contribution >= 4 is 17.4 Å². The first-order valence-electron chi connectivity index (χ1n) is 9.06. The number of carbonyl (C=O) groups excluding carboxylic acids is 1. The van der Waals surface area contributed by atoms with Gasteiger partial charge >= 0.3 is 0 Å². The second-order valence-electron chi connectivity index (χ2n) is 6.28. The van der Waals surface area contributed by atoms with E-state index in [1.165, 1.54) is 0 Å². The molecule has 2 N–H and O–H groups in total. The molecule has 0 unspecified atom stereocenters. The molecule has 0 radical (unpaired) electrons. The number of nitrogens with zero attached hydrogens (tertiary/aromatic N) is 3. The number of anilines is 2. The number of rotatable bonds is 8. The molecule has 1 saturated heterocycles. The minimum Gasteiger partial charge on any atom is -0.484 e. The van der Waals surface area contributed by atoms with Gasteiger partial charge in [0.15, 0.2) is 12.4 Å². The topological polar surface area (TPSA) is 88.6 Å². The molecule has 2 heterocycles. The summed E-state index contributed by atoms with van der Waals surface area (Å²) in [5, 5.41) is 14.1. The predicted octanol–water partition coefficient (Wildman–Crippen LogP) is 1.23. The third-order valence-corrected chi connectivity index (χ3v) is 4.13. The first-order valence-corrected chi connectivity index (χ1v) is 9.06. The zero-order chi connectivity index (χ0) is 18.9. The zero-order valence-corrected chi connectivity index (χ0v) is 15.5. The standard InChI is InChI=1S/C19H25N5O3/c1-15-3-2-4-17(11-15)27-14-19(25)21-6-5-20-18-12-16(13-22-23-18)24-7-9-26-10-8-24/h2-4,11-13H,5-10,14H2,1H3,(H,20,23)(H,21,25). The molecule has 0 bridgehead atoms. The molecule has 1 aromatic carbocycles. The summed E-state index contributed by atoms with van der Waals surface area (Å²) in [5.74, 6) is 1.22. The van der Waals surface area contributed by atoms with E-state index in [1.54, 1.807) is 6.20 Å². The van der Waals surface area contributed by atoms with Gasteiger partial charge < -0.3 is 25.0 Å². The predicted molar refractivity (Wildman–Crippen MR) is 103 cm³/mol. The molecule has 144 valence electrons. The van der Waals surface area contributed by atoms with Gasteiger partial charge in [-0.25, -0.2) is 0 Å². The Hall–Kier alpha value is -2.87. The number of benzene rings is 1. The fraction of sp³-hybridized carbons (Fsp3) is 0.421. The van der Waals surface area contributed by atoms with Crippen LogP contribution < -0.4 is 20.3 Å². The van der Waals surface area contributed by atoms with Crippen LogP contribution in [-0.2, 0) is 9.53 Å². The van der Waals surface area contributed by atoms with Crippen LogP contribution in [0.1, 0.15) is 5.56 Å². The van der Waals surface area contributed by atoms with Gasteiger partial charge in [-0.2, -0.15) is 5.10 Å². The van der Waals surface area contributed by atoms with Crippen molar-refractivity contribution in [2.24, 2.45) is 0 Å². The highest BCUT2D eigenvalue weighted by molar-refractivity contribution is 5.77. The van der Waals surface area contributed by atoms with Crippen molar-refractivity contribution < 1.29 is 14.3 Å². The van der Waals surface area contributed by atoms with Crippen LogP contribution in [-0.4, -0.2) is 62.1 Å². The minimum absolute atomic E-state index is 0.00419. The summed E-state index contributed by atoms with van der Waals surface area (Å²) in [6.07, 6.45) is 1.75. The van der Waals surface area contributed by atoms with E-state index in [1.807, 2.05) is 37.3 Å². The molecule has 1 aliphatic heterocycles. The van der Waals surface area contributed by atoms with E-state index < -0.39 is 0 Å². The number of ether oxygens (including phenoxy) is 2. The van der Waals surface area contributed by atoms with Gasteiger partial charge in [0.05, 0.1) is 25.1 Å². The SMILES string of the molecule is Cc1cccc(OCC(=O)NCCNc2cc(N3CCOCC3)cnn2)c1. The second-order valence-corrected chi connectivity index (χ2v) is 6.28. The van der Waals surface area contributed by atoms with Crippen molar-refractivity contribution in [3.63, 3.8) is 0 Å². The molecular formula is C19H25N5O3. The van der Waals surface area contributed by atoms with Gasteiger partial charge in [0, 0.05) is 32.2 Å². The van der Waals surface area contributed by atoms with Crippen LogP contribution in [0.25, 0.3) is 0 Å². The molecule has 0 aliphatic carbocycles. The zero-order valence-electron chi connectivity index (χ0n) is 15.5. The molecule has 27 heavy (non-hydrogen) atoms. The van der Waals surface area contributed by atoms with Crippen LogP contribution in [0.2, 0.25) is 0 Å². The Kier molecular flexibility index (Phi) is 6.81. The van der Waals surface area contributed by atoms with Crippen molar-refractivity contribution in [2.75, 3.05) is 56.2 Å². The van der Waals surface area contributed by atoms with Gasteiger partial charge in [0.1, 0.15) is 5.75 Å². The number of hydrogen-bond donors (Lipinski definition) is 2. The van der Waals surface area contributed by atoms with Crippen molar-refractivity contribution in [3.05, 3.63) is 42.1 Å². The lowest BCUT2D eigenvalue weighted by atomic mass is 10.2. The second kappa shape index (κ2) is 9.72. The van der Waals surface area contributed by atoms with E-state index in [4.69, 9.17) is 9.47 Å². The molecule has 3 rings (SSSR count). The third-order valence-electron chi connectivity index (χ3n) is 4.13. The monoisotopic (exact) mass is 371 g/mol. The molecule has 1 fully saturated rings. The first kappa shape index (κ1) is 18.9. The van der Waals surface area contributed by atoms with E-state index in [2.05, 4.69) is 25.7 Å². The largest absolute Gasteiger partial charge is 0.484 e. The van der Waals surface area contributed by atoms with E-state index in [-0.39, 0.29) is 12.5 Å². The minimum atomic E-state index is -0.161. The van der Waals surface area contributed by atoms with Gasteiger partial charge in [-0.05, 0) is 24.6 Å². The highest BCUT2D eigenvalue weighted by Crippen LogP contribution is 2.16. The number of hydrogen-bond acceptors (Lipinski definition) is 7. The number of morpholine rings is 1. The average molecular weight is 371 g/mol. The summed E-state index contributed by atoms with van der Waals surface area (Å²) in [7, 11) is 0. The molecule has 0 atom stereocenters. The normalized spacial score (nSPS) is 13.9. The Morgan fingerprint density at radius 2 is 2.11 bits per heavy atom. The van der Waals surface area contributed by atoms with Gasteiger partial charge in [-0.1, -0.05) is 12.1 Å².